The lowest BCUT2D eigenvalue weighted by Crippen LogP contribution is -2.24. The average Bonchev–Trinajstić information content (AvgIpc) is 2.53. The van der Waals surface area contributed by atoms with E-state index in [0.29, 0.717) is 25.4 Å². The molecule has 0 saturated carbocycles. The lowest BCUT2D eigenvalue weighted by Gasteiger charge is -2.28. The Morgan fingerprint density at radius 3 is 2.57 bits per heavy atom. The van der Waals surface area contributed by atoms with Crippen LogP contribution in [0.25, 0.3) is 0 Å². The van der Waals surface area contributed by atoms with Crippen LogP contribution in [0.15, 0.2) is 36.7 Å². The molecule has 5 heteroatoms. The van der Waals surface area contributed by atoms with Crippen molar-refractivity contribution in [1.29, 1.82) is 0 Å². The van der Waals surface area contributed by atoms with Gasteiger partial charge in [-0.25, -0.2) is 0 Å². The first-order valence-electron chi connectivity index (χ1n) is 6.94. The molecule has 4 rings (SSSR count). The van der Waals surface area contributed by atoms with Crippen LogP contribution in [0.4, 0.5) is 5.69 Å². The van der Waals surface area contributed by atoms with Gasteiger partial charge in [0.2, 0.25) is 5.91 Å². The number of amides is 1. The van der Waals surface area contributed by atoms with Gasteiger partial charge in [-0.05, 0) is 29.3 Å². The van der Waals surface area contributed by atoms with Crippen LogP contribution in [0.3, 0.4) is 0 Å². The molecule has 2 aliphatic rings. The van der Waals surface area contributed by atoms with E-state index in [1.165, 1.54) is 0 Å². The van der Waals surface area contributed by atoms with Crippen LogP contribution in [0.2, 0.25) is 0 Å². The fourth-order valence-corrected chi connectivity index (χ4v) is 2.89. The molecule has 1 N–H and O–H groups in total. The molecule has 0 unspecified atom stereocenters. The van der Waals surface area contributed by atoms with Crippen LogP contribution in [-0.2, 0) is 4.79 Å². The van der Waals surface area contributed by atoms with Gasteiger partial charge in [-0.1, -0.05) is 0 Å². The van der Waals surface area contributed by atoms with E-state index in [-0.39, 0.29) is 11.8 Å². The lowest BCUT2D eigenvalue weighted by atomic mass is 9.85. The van der Waals surface area contributed by atoms with E-state index >= 15 is 0 Å². The Morgan fingerprint density at radius 2 is 1.81 bits per heavy atom. The number of pyridine rings is 1. The van der Waals surface area contributed by atoms with Crippen molar-refractivity contribution in [2.24, 2.45) is 0 Å². The fourth-order valence-electron chi connectivity index (χ4n) is 2.89. The van der Waals surface area contributed by atoms with Gasteiger partial charge in [0.15, 0.2) is 11.5 Å². The molecule has 21 heavy (non-hydrogen) atoms. The lowest BCUT2D eigenvalue weighted by molar-refractivity contribution is -0.116. The van der Waals surface area contributed by atoms with E-state index in [0.717, 1.165) is 22.6 Å². The van der Waals surface area contributed by atoms with Crippen molar-refractivity contribution in [1.82, 2.24) is 4.98 Å². The molecule has 1 aromatic carbocycles. The van der Waals surface area contributed by atoms with Gasteiger partial charge in [0, 0.05) is 36.5 Å². The van der Waals surface area contributed by atoms with Crippen LogP contribution in [0.5, 0.6) is 11.5 Å². The summed E-state index contributed by atoms with van der Waals surface area (Å²) in [7, 11) is 0. The molecule has 5 nitrogen and oxygen atoms in total. The van der Waals surface area contributed by atoms with Crippen LogP contribution < -0.4 is 14.8 Å². The molecule has 3 heterocycles. The predicted molar refractivity (Wildman–Crippen MR) is 76.8 cm³/mol. The Morgan fingerprint density at radius 1 is 1.10 bits per heavy atom. The van der Waals surface area contributed by atoms with Gasteiger partial charge in [-0.15, -0.1) is 0 Å². The molecule has 0 fully saturated rings. The summed E-state index contributed by atoms with van der Waals surface area (Å²) in [5, 5.41) is 2.92. The van der Waals surface area contributed by atoms with Crippen LogP contribution in [0, 0.1) is 0 Å². The van der Waals surface area contributed by atoms with E-state index in [4.69, 9.17) is 9.47 Å². The average molecular weight is 282 g/mol. The molecule has 2 aromatic rings. The smallest absolute Gasteiger partial charge is 0.225 e. The van der Waals surface area contributed by atoms with Crippen LogP contribution >= 0.6 is 0 Å². The number of ether oxygens (including phenoxy) is 2. The zero-order chi connectivity index (χ0) is 14.2. The normalized spacial score (nSPS) is 19.6. The topological polar surface area (TPSA) is 60.5 Å². The molecule has 0 radical (unpaired) electrons. The maximum Gasteiger partial charge on any atom is 0.225 e. The first-order valence-corrected chi connectivity index (χ1v) is 6.94. The van der Waals surface area contributed by atoms with E-state index in [9.17, 15) is 4.79 Å². The second-order valence-electron chi connectivity index (χ2n) is 5.17. The quantitative estimate of drug-likeness (QED) is 0.872. The Kier molecular flexibility index (Phi) is 2.77. The van der Waals surface area contributed by atoms with Gasteiger partial charge in [0.05, 0.1) is 0 Å². The highest BCUT2D eigenvalue weighted by molar-refractivity contribution is 5.96. The third kappa shape index (κ3) is 2.11. The molecule has 2 aliphatic heterocycles. The number of carbonyl (C=O) groups is 1. The standard InChI is InChI=1S/C16H14N2O3/c19-16-8-11(10-1-3-17-4-2-10)12-7-14-15(9-13(12)18-16)21-6-5-20-14/h1-4,7,9,11H,5-6,8H2,(H,18,19)/t11-/m1/s1. The molecule has 0 spiro atoms. The number of nitrogens with zero attached hydrogens (tertiary/aromatic N) is 1. The minimum absolute atomic E-state index is 0.0148. The van der Waals surface area contributed by atoms with Crippen molar-refractivity contribution in [3.63, 3.8) is 0 Å². The summed E-state index contributed by atoms with van der Waals surface area (Å²) in [5.41, 5.74) is 2.94. The highest BCUT2D eigenvalue weighted by atomic mass is 16.6. The van der Waals surface area contributed by atoms with E-state index < -0.39 is 0 Å². The highest BCUT2D eigenvalue weighted by Crippen LogP contribution is 2.43. The van der Waals surface area contributed by atoms with Crippen molar-refractivity contribution in [3.8, 4) is 11.5 Å². The van der Waals surface area contributed by atoms with E-state index in [2.05, 4.69) is 10.3 Å². The molecule has 0 aliphatic carbocycles. The maximum absolute atomic E-state index is 12.0. The van der Waals surface area contributed by atoms with Crippen molar-refractivity contribution in [2.45, 2.75) is 12.3 Å². The minimum atomic E-state index is 0.0148. The van der Waals surface area contributed by atoms with Crippen molar-refractivity contribution in [3.05, 3.63) is 47.8 Å². The van der Waals surface area contributed by atoms with Crippen molar-refractivity contribution >= 4 is 11.6 Å². The number of anilines is 1. The van der Waals surface area contributed by atoms with Gasteiger partial charge in [-0.3, -0.25) is 9.78 Å². The van der Waals surface area contributed by atoms with E-state index in [1.54, 1.807) is 12.4 Å². The zero-order valence-electron chi connectivity index (χ0n) is 11.3. The first-order chi connectivity index (χ1) is 10.3. The summed E-state index contributed by atoms with van der Waals surface area (Å²) < 4.78 is 11.2. The third-order valence-corrected chi connectivity index (χ3v) is 3.86. The number of nitrogens with one attached hydrogen (secondary N) is 1. The Labute approximate surface area is 121 Å². The third-order valence-electron chi connectivity index (χ3n) is 3.86. The molecular formula is C16H14N2O3. The zero-order valence-corrected chi connectivity index (χ0v) is 11.3. The molecule has 1 aromatic heterocycles. The summed E-state index contributed by atoms with van der Waals surface area (Å²) in [6, 6.07) is 7.73. The predicted octanol–water partition coefficient (Wildman–Crippen LogP) is 2.33. The highest BCUT2D eigenvalue weighted by Gasteiger charge is 2.29. The van der Waals surface area contributed by atoms with Crippen LogP contribution in [-0.4, -0.2) is 24.1 Å². The molecule has 1 amide bonds. The summed E-state index contributed by atoms with van der Waals surface area (Å²) in [6.07, 6.45) is 3.93. The molecule has 1 atom stereocenters. The Hall–Kier alpha value is -2.56. The fraction of sp³-hybridized carbons (Fsp3) is 0.250. The number of fused-ring (bicyclic) bond motifs is 2. The van der Waals surface area contributed by atoms with Crippen molar-refractivity contribution < 1.29 is 14.3 Å². The number of hydrogen-bond acceptors (Lipinski definition) is 4. The summed E-state index contributed by atoms with van der Waals surface area (Å²) in [4.78, 5) is 16.0. The van der Waals surface area contributed by atoms with Gasteiger partial charge >= 0.3 is 0 Å². The number of hydrogen-bond donors (Lipinski definition) is 1. The molecular weight excluding hydrogens is 268 g/mol. The number of carbonyl (C=O) groups excluding carboxylic acids is 1. The molecule has 106 valence electrons. The minimum Gasteiger partial charge on any atom is -0.486 e. The Bertz CT molecular complexity index is 700. The summed E-state index contributed by atoms with van der Waals surface area (Å²) in [5.74, 6) is 1.47. The summed E-state index contributed by atoms with van der Waals surface area (Å²) in [6.45, 7) is 1.09. The SMILES string of the molecule is O=C1C[C@H](c2ccncc2)c2cc3c(cc2N1)OCCO3. The number of benzene rings is 1. The van der Waals surface area contributed by atoms with E-state index in [1.807, 2.05) is 24.3 Å². The van der Waals surface area contributed by atoms with Crippen molar-refractivity contribution in [2.75, 3.05) is 18.5 Å². The Balaban J connectivity index is 1.84. The van der Waals surface area contributed by atoms with Crippen LogP contribution in [0.1, 0.15) is 23.5 Å². The second-order valence-corrected chi connectivity index (χ2v) is 5.17. The largest absolute Gasteiger partial charge is 0.486 e. The molecule has 0 bridgehead atoms. The van der Waals surface area contributed by atoms with Gasteiger partial charge in [-0.2, -0.15) is 0 Å². The van der Waals surface area contributed by atoms with Gasteiger partial charge < -0.3 is 14.8 Å². The number of aromatic nitrogens is 1. The van der Waals surface area contributed by atoms with Gasteiger partial charge in [0.1, 0.15) is 13.2 Å². The first kappa shape index (κ1) is 12.2. The summed E-state index contributed by atoms with van der Waals surface area (Å²) >= 11 is 0. The van der Waals surface area contributed by atoms with Gasteiger partial charge in [0.25, 0.3) is 0 Å². The number of rotatable bonds is 1. The monoisotopic (exact) mass is 282 g/mol. The maximum atomic E-state index is 12.0. The second kappa shape index (κ2) is 4.77. The molecule has 0 saturated heterocycles.